The van der Waals surface area contributed by atoms with Crippen LogP contribution in [0.4, 0.5) is 0 Å². The highest BCUT2D eigenvalue weighted by Crippen LogP contribution is 2.21. The van der Waals surface area contributed by atoms with Crippen LogP contribution in [-0.4, -0.2) is 54.3 Å². The summed E-state index contributed by atoms with van der Waals surface area (Å²) in [6.45, 7) is 2.65. The molecule has 0 bridgehead atoms. The first-order valence-corrected chi connectivity index (χ1v) is 7.68. The largest absolute Gasteiger partial charge is 0.481 e. The van der Waals surface area contributed by atoms with Gasteiger partial charge in [0.15, 0.2) is 0 Å². The molecule has 0 amide bonds. The van der Waals surface area contributed by atoms with Crippen LogP contribution in [-0.2, 0) is 15.0 Å². The minimum atomic E-state index is -3.57. The predicted molar refractivity (Wildman–Crippen MR) is 68.3 cm³/mol. The molecular weight excluding hydrogens is 270 g/mol. The van der Waals surface area contributed by atoms with Gasteiger partial charge in [-0.2, -0.15) is 22.3 Å². The molecule has 0 atom stereocenters. The molecule has 1 N–H and O–H groups in total. The monoisotopic (exact) mass is 289 g/mol. The third-order valence-corrected chi connectivity index (χ3v) is 5.39. The van der Waals surface area contributed by atoms with Crippen molar-refractivity contribution in [3.8, 4) is 6.07 Å². The van der Waals surface area contributed by atoms with Crippen molar-refractivity contribution in [3.05, 3.63) is 0 Å². The molecule has 0 aromatic heterocycles. The molecule has 1 fully saturated rings. The molecule has 0 radical (unpaired) electrons. The maximum atomic E-state index is 12.3. The smallest absolute Gasteiger partial charge is 0.306 e. The second-order valence-electron chi connectivity index (χ2n) is 4.42. The van der Waals surface area contributed by atoms with Gasteiger partial charge in [-0.1, -0.05) is 6.92 Å². The molecule has 1 saturated heterocycles. The van der Waals surface area contributed by atoms with Gasteiger partial charge in [0.05, 0.1) is 12.0 Å². The first-order valence-electron chi connectivity index (χ1n) is 6.28. The second-order valence-corrected chi connectivity index (χ2v) is 6.35. The molecule has 1 heterocycles. The summed E-state index contributed by atoms with van der Waals surface area (Å²) in [5.74, 6) is -1.32. The zero-order valence-electron chi connectivity index (χ0n) is 10.9. The van der Waals surface area contributed by atoms with E-state index in [1.54, 1.807) is 6.92 Å². The van der Waals surface area contributed by atoms with Gasteiger partial charge in [0, 0.05) is 32.6 Å². The number of nitrogens with zero attached hydrogens (tertiary/aromatic N) is 3. The number of nitriles is 1. The van der Waals surface area contributed by atoms with Crippen molar-refractivity contribution >= 4 is 16.2 Å². The van der Waals surface area contributed by atoms with E-state index in [-0.39, 0.29) is 26.1 Å². The summed E-state index contributed by atoms with van der Waals surface area (Å²) < 4.78 is 27.2. The topological polar surface area (TPSA) is 102 Å². The third-order valence-electron chi connectivity index (χ3n) is 3.28. The zero-order valence-corrected chi connectivity index (χ0v) is 11.8. The lowest BCUT2D eigenvalue weighted by atomic mass is 9.99. The normalized spacial score (nSPS) is 18.4. The van der Waals surface area contributed by atoms with Gasteiger partial charge < -0.3 is 5.11 Å². The Bertz CT molecular complexity index is 449. The first-order chi connectivity index (χ1) is 8.93. The quantitative estimate of drug-likeness (QED) is 0.756. The van der Waals surface area contributed by atoms with E-state index >= 15 is 0 Å². The van der Waals surface area contributed by atoms with Crippen LogP contribution in [0.5, 0.6) is 0 Å². The number of aliphatic carboxylic acids is 1. The first kappa shape index (κ1) is 15.9. The van der Waals surface area contributed by atoms with Crippen LogP contribution in [0.1, 0.15) is 26.2 Å². The Labute approximate surface area is 113 Å². The molecule has 108 valence electrons. The molecule has 0 spiro atoms. The van der Waals surface area contributed by atoms with Gasteiger partial charge in [-0.05, 0) is 12.8 Å². The minimum Gasteiger partial charge on any atom is -0.481 e. The van der Waals surface area contributed by atoms with E-state index < -0.39 is 22.1 Å². The lowest BCUT2D eigenvalue weighted by Gasteiger charge is -2.33. The standard InChI is InChI=1S/C11H19N3O4S/c1-2-13(7-3-6-12)19(17,18)14-8-4-10(5-9-14)11(15)16/h10H,2-5,7-9H2,1H3,(H,15,16). The van der Waals surface area contributed by atoms with E-state index in [2.05, 4.69) is 0 Å². The number of carbonyl (C=O) groups is 1. The SMILES string of the molecule is CCN(CCC#N)S(=O)(=O)N1CCC(C(=O)O)CC1. The molecule has 1 rings (SSSR count). The molecule has 0 aromatic carbocycles. The molecule has 0 saturated carbocycles. The average molecular weight is 289 g/mol. The molecule has 19 heavy (non-hydrogen) atoms. The van der Waals surface area contributed by atoms with Gasteiger partial charge in [-0.3, -0.25) is 4.79 Å². The molecule has 1 aliphatic rings. The fourth-order valence-corrected chi connectivity index (χ4v) is 3.76. The Morgan fingerprint density at radius 2 is 2.05 bits per heavy atom. The van der Waals surface area contributed by atoms with E-state index in [1.165, 1.54) is 8.61 Å². The van der Waals surface area contributed by atoms with Crippen LogP contribution in [0.25, 0.3) is 0 Å². The van der Waals surface area contributed by atoms with Gasteiger partial charge >= 0.3 is 5.97 Å². The van der Waals surface area contributed by atoms with Gasteiger partial charge in [0.1, 0.15) is 0 Å². The van der Waals surface area contributed by atoms with E-state index in [9.17, 15) is 13.2 Å². The summed E-state index contributed by atoms with van der Waals surface area (Å²) in [4.78, 5) is 10.8. The molecule has 1 aliphatic heterocycles. The zero-order chi connectivity index (χ0) is 14.5. The lowest BCUT2D eigenvalue weighted by molar-refractivity contribution is -0.142. The fraction of sp³-hybridized carbons (Fsp3) is 0.818. The van der Waals surface area contributed by atoms with Crippen molar-refractivity contribution < 1.29 is 18.3 Å². The van der Waals surface area contributed by atoms with Crippen LogP contribution in [0.15, 0.2) is 0 Å². The van der Waals surface area contributed by atoms with Crippen LogP contribution < -0.4 is 0 Å². The van der Waals surface area contributed by atoms with Crippen LogP contribution in [0, 0.1) is 17.2 Å². The van der Waals surface area contributed by atoms with Crippen molar-refractivity contribution in [2.75, 3.05) is 26.2 Å². The minimum absolute atomic E-state index is 0.151. The molecular formula is C11H19N3O4S. The van der Waals surface area contributed by atoms with Crippen LogP contribution >= 0.6 is 0 Å². The number of carboxylic acid groups (broad SMARTS) is 1. The molecule has 0 unspecified atom stereocenters. The second kappa shape index (κ2) is 6.84. The fourth-order valence-electron chi connectivity index (χ4n) is 2.11. The van der Waals surface area contributed by atoms with Gasteiger partial charge in [0.25, 0.3) is 10.2 Å². The molecule has 8 heteroatoms. The summed E-state index contributed by atoms with van der Waals surface area (Å²) in [6, 6.07) is 1.93. The molecule has 7 nitrogen and oxygen atoms in total. The number of piperidine rings is 1. The summed E-state index contributed by atoms with van der Waals surface area (Å²) >= 11 is 0. The van der Waals surface area contributed by atoms with E-state index in [0.717, 1.165) is 0 Å². The van der Waals surface area contributed by atoms with Crippen molar-refractivity contribution in [2.24, 2.45) is 5.92 Å². The van der Waals surface area contributed by atoms with Crippen LogP contribution in [0.3, 0.4) is 0 Å². The highest BCUT2D eigenvalue weighted by Gasteiger charge is 2.33. The van der Waals surface area contributed by atoms with Gasteiger partial charge in [-0.15, -0.1) is 0 Å². The number of rotatable bonds is 6. The summed E-state index contributed by atoms with van der Waals surface area (Å²) in [7, 11) is -3.57. The average Bonchev–Trinajstić information content (AvgIpc) is 2.39. The highest BCUT2D eigenvalue weighted by atomic mass is 32.2. The van der Waals surface area contributed by atoms with Gasteiger partial charge in [0.2, 0.25) is 0 Å². The van der Waals surface area contributed by atoms with Gasteiger partial charge in [-0.25, -0.2) is 0 Å². The molecule has 0 aromatic rings. The Morgan fingerprint density at radius 1 is 1.47 bits per heavy atom. The number of hydrogen-bond donors (Lipinski definition) is 1. The van der Waals surface area contributed by atoms with Crippen molar-refractivity contribution in [1.82, 2.24) is 8.61 Å². The summed E-state index contributed by atoms with van der Waals surface area (Å²) in [5, 5.41) is 17.4. The summed E-state index contributed by atoms with van der Waals surface area (Å²) in [5.41, 5.74) is 0. The van der Waals surface area contributed by atoms with Crippen molar-refractivity contribution in [2.45, 2.75) is 26.2 Å². The lowest BCUT2D eigenvalue weighted by Crippen LogP contribution is -2.48. The van der Waals surface area contributed by atoms with E-state index in [4.69, 9.17) is 10.4 Å². The van der Waals surface area contributed by atoms with E-state index in [0.29, 0.717) is 19.4 Å². The number of carboxylic acids is 1. The maximum absolute atomic E-state index is 12.3. The predicted octanol–water partition coefficient (Wildman–Crippen LogP) is 0.263. The summed E-state index contributed by atoms with van der Waals surface area (Å²) in [6.07, 6.45) is 0.827. The number of hydrogen-bond acceptors (Lipinski definition) is 4. The Balaban J connectivity index is 2.68. The molecule has 0 aliphatic carbocycles. The Hall–Kier alpha value is -1.17. The Kier molecular flexibility index (Phi) is 5.72. The Morgan fingerprint density at radius 3 is 2.47 bits per heavy atom. The van der Waals surface area contributed by atoms with Crippen molar-refractivity contribution in [3.63, 3.8) is 0 Å². The highest BCUT2D eigenvalue weighted by molar-refractivity contribution is 7.86. The van der Waals surface area contributed by atoms with E-state index in [1.807, 2.05) is 6.07 Å². The van der Waals surface area contributed by atoms with Crippen LogP contribution in [0.2, 0.25) is 0 Å². The third kappa shape index (κ3) is 3.89. The maximum Gasteiger partial charge on any atom is 0.306 e. The van der Waals surface area contributed by atoms with Crippen molar-refractivity contribution in [1.29, 1.82) is 5.26 Å².